The molecule has 0 amide bonds. The normalized spacial score (nSPS) is 39.5. The molecule has 0 bridgehead atoms. The summed E-state index contributed by atoms with van der Waals surface area (Å²) in [4.78, 5) is 0. The molecular weight excluding hydrogens is 210 g/mol. The summed E-state index contributed by atoms with van der Waals surface area (Å²) < 4.78 is 5.84. The molecule has 0 aromatic rings. The number of hydrogen-bond acceptors (Lipinski definition) is 2. The molecule has 4 atom stereocenters. The van der Waals surface area contributed by atoms with Crippen LogP contribution in [0, 0.1) is 11.8 Å². The van der Waals surface area contributed by atoms with E-state index in [0.29, 0.717) is 18.1 Å². The zero-order valence-corrected chi connectivity index (χ0v) is 11.7. The van der Waals surface area contributed by atoms with E-state index in [1.54, 1.807) is 0 Å². The molecule has 100 valence electrons. The zero-order chi connectivity index (χ0) is 12.3. The topological polar surface area (TPSA) is 21.3 Å². The SMILES string of the molecule is CC1CCCC(NC2CCOC(C(C)C)C2)C1. The van der Waals surface area contributed by atoms with Crippen LogP contribution in [0.25, 0.3) is 0 Å². The maximum absolute atomic E-state index is 5.84. The third-order valence-corrected chi connectivity index (χ3v) is 4.47. The maximum Gasteiger partial charge on any atom is 0.0612 e. The summed E-state index contributed by atoms with van der Waals surface area (Å²) in [5.74, 6) is 1.58. The minimum Gasteiger partial charge on any atom is -0.378 e. The van der Waals surface area contributed by atoms with E-state index in [9.17, 15) is 0 Å². The lowest BCUT2D eigenvalue weighted by atomic mass is 9.86. The highest BCUT2D eigenvalue weighted by atomic mass is 16.5. The fraction of sp³-hybridized carbons (Fsp3) is 1.00. The Hall–Kier alpha value is -0.0800. The molecule has 2 nitrogen and oxygen atoms in total. The van der Waals surface area contributed by atoms with Crippen LogP contribution in [0.1, 0.15) is 59.3 Å². The van der Waals surface area contributed by atoms with E-state index in [-0.39, 0.29) is 0 Å². The molecule has 0 aromatic heterocycles. The van der Waals surface area contributed by atoms with Crippen molar-refractivity contribution in [1.82, 2.24) is 5.32 Å². The minimum absolute atomic E-state index is 0.474. The third-order valence-electron chi connectivity index (χ3n) is 4.47. The van der Waals surface area contributed by atoms with E-state index in [0.717, 1.165) is 18.6 Å². The van der Waals surface area contributed by atoms with Crippen LogP contribution in [0.15, 0.2) is 0 Å². The van der Waals surface area contributed by atoms with Gasteiger partial charge < -0.3 is 10.1 Å². The molecule has 1 N–H and O–H groups in total. The number of nitrogens with one attached hydrogen (secondary N) is 1. The Morgan fingerprint density at radius 3 is 2.53 bits per heavy atom. The van der Waals surface area contributed by atoms with Crippen LogP contribution < -0.4 is 5.32 Å². The zero-order valence-electron chi connectivity index (χ0n) is 11.7. The second-order valence-electron chi connectivity index (χ2n) is 6.51. The average molecular weight is 239 g/mol. The summed E-state index contributed by atoms with van der Waals surface area (Å²) in [7, 11) is 0. The maximum atomic E-state index is 5.84. The van der Waals surface area contributed by atoms with E-state index in [2.05, 4.69) is 26.1 Å². The minimum atomic E-state index is 0.474. The highest BCUT2D eigenvalue weighted by molar-refractivity contribution is 4.84. The lowest BCUT2D eigenvalue weighted by Crippen LogP contribution is -2.46. The monoisotopic (exact) mass is 239 g/mol. The van der Waals surface area contributed by atoms with Gasteiger partial charge in [0.1, 0.15) is 0 Å². The van der Waals surface area contributed by atoms with Crippen molar-refractivity contribution in [2.24, 2.45) is 11.8 Å². The number of ether oxygens (including phenoxy) is 1. The number of rotatable bonds is 3. The second-order valence-corrected chi connectivity index (χ2v) is 6.51. The smallest absolute Gasteiger partial charge is 0.0612 e. The van der Waals surface area contributed by atoms with Gasteiger partial charge in [0.25, 0.3) is 0 Å². The molecule has 2 fully saturated rings. The lowest BCUT2D eigenvalue weighted by molar-refractivity contribution is -0.0268. The molecule has 1 saturated heterocycles. The fourth-order valence-corrected chi connectivity index (χ4v) is 3.36. The standard InChI is InChI=1S/C15H29NO/c1-11(2)15-10-14(7-8-17-15)16-13-6-4-5-12(3)9-13/h11-16H,4-10H2,1-3H3. The molecule has 4 unspecified atom stereocenters. The van der Waals surface area contributed by atoms with Gasteiger partial charge in [0.05, 0.1) is 6.10 Å². The predicted molar refractivity (Wildman–Crippen MR) is 72.2 cm³/mol. The van der Waals surface area contributed by atoms with E-state index in [4.69, 9.17) is 4.74 Å². The van der Waals surface area contributed by atoms with Crippen molar-refractivity contribution in [3.8, 4) is 0 Å². The molecule has 17 heavy (non-hydrogen) atoms. The van der Waals surface area contributed by atoms with E-state index in [1.165, 1.54) is 38.5 Å². The molecule has 1 saturated carbocycles. The molecular formula is C15H29NO. The lowest BCUT2D eigenvalue weighted by Gasteiger charge is -2.36. The highest BCUT2D eigenvalue weighted by Gasteiger charge is 2.27. The molecule has 1 aliphatic carbocycles. The molecule has 2 rings (SSSR count). The Kier molecular flexibility index (Phi) is 4.87. The van der Waals surface area contributed by atoms with Gasteiger partial charge in [-0.25, -0.2) is 0 Å². The predicted octanol–water partition coefficient (Wildman–Crippen LogP) is 3.36. The van der Waals surface area contributed by atoms with Gasteiger partial charge in [0.2, 0.25) is 0 Å². The first kappa shape index (κ1) is 13.4. The van der Waals surface area contributed by atoms with Crippen molar-refractivity contribution in [2.75, 3.05) is 6.61 Å². The Morgan fingerprint density at radius 2 is 1.82 bits per heavy atom. The Balaban J connectivity index is 1.78. The van der Waals surface area contributed by atoms with Crippen molar-refractivity contribution >= 4 is 0 Å². The molecule has 2 aliphatic rings. The summed E-state index contributed by atoms with van der Waals surface area (Å²) in [6.45, 7) is 7.89. The van der Waals surface area contributed by atoms with Gasteiger partial charge in [0, 0.05) is 18.7 Å². The molecule has 2 heteroatoms. The fourth-order valence-electron chi connectivity index (χ4n) is 3.36. The van der Waals surface area contributed by atoms with Gasteiger partial charge in [0.15, 0.2) is 0 Å². The van der Waals surface area contributed by atoms with Crippen LogP contribution in [-0.2, 0) is 4.74 Å². The summed E-state index contributed by atoms with van der Waals surface area (Å²) in [6.07, 6.45) is 8.49. The van der Waals surface area contributed by atoms with Crippen molar-refractivity contribution in [3.05, 3.63) is 0 Å². The highest BCUT2D eigenvalue weighted by Crippen LogP contribution is 2.26. The summed E-state index contributed by atoms with van der Waals surface area (Å²) >= 11 is 0. The van der Waals surface area contributed by atoms with Gasteiger partial charge in [-0.05, 0) is 37.5 Å². The van der Waals surface area contributed by atoms with E-state index < -0.39 is 0 Å². The van der Waals surface area contributed by atoms with Crippen LogP contribution in [0.2, 0.25) is 0 Å². The Bertz CT molecular complexity index is 229. The average Bonchev–Trinajstić information content (AvgIpc) is 2.29. The third kappa shape index (κ3) is 3.96. The van der Waals surface area contributed by atoms with E-state index in [1.807, 2.05) is 0 Å². The van der Waals surface area contributed by atoms with Crippen molar-refractivity contribution in [1.29, 1.82) is 0 Å². The van der Waals surface area contributed by atoms with Crippen molar-refractivity contribution in [2.45, 2.75) is 77.5 Å². The van der Waals surface area contributed by atoms with Crippen LogP contribution in [0.4, 0.5) is 0 Å². The van der Waals surface area contributed by atoms with Gasteiger partial charge in [-0.15, -0.1) is 0 Å². The van der Waals surface area contributed by atoms with Gasteiger partial charge in [-0.1, -0.05) is 33.6 Å². The quantitative estimate of drug-likeness (QED) is 0.815. The van der Waals surface area contributed by atoms with Crippen LogP contribution in [-0.4, -0.2) is 24.8 Å². The molecule has 0 spiro atoms. The first-order valence-corrected chi connectivity index (χ1v) is 7.52. The molecule has 0 radical (unpaired) electrons. The summed E-state index contributed by atoms with van der Waals surface area (Å²) in [6, 6.07) is 1.47. The largest absolute Gasteiger partial charge is 0.378 e. The summed E-state index contributed by atoms with van der Waals surface area (Å²) in [5.41, 5.74) is 0. The van der Waals surface area contributed by atoms with Gasteiger partial charge >= 0.3 is 0 Å². The van der Waals surface area contributed by atoms with Crippen LogP contribution >= 0.6 is 0 Å². The van der Waals surface area contributed by atoms with Gasteiger partial charge in [-0.2, -0.15) is 0 Å². The molecule has 0 aromatic carbocycles. The second kappa shape index (κ2) is 6.19. The number of hydrogen-bond donors (Lipinski definition) is 1. The first-order chi connectivity index (χ1) is 8.15. The Labute approximate surface area is 107 Å². The Morgan fingerprint density at radius 1 is 1.06 bits per heavy atom. The molecule has 1 aliphatic heterocycles. The van der Waals surface area contributed by atoms with E-state index >= 15 is 0 Å². The van der Waals surface area contributed by atoms with Crippen LogP contribution in [0.3, 0.4) is 0 Å². The first-order valence-electron chi connectivity index (χ1n) is 7.52. The van der Waals surface area contributed by atoms with Crippen LogP contribution in [0.5, 0.6) is 0 Å². The van der Waals surface area contributed by atoms with Crippen molar-refractivity contribution in [3.63, 3.8) is 0 Å². The van der Waals surface area contributed by atoms with Gasteiger partial charge in [-0.3, -0.25) is 0 Å². The summed E-state index contributed by atoms with van der Waals surface area (Å²) in [5, 5.41) is 3.89. The molecule has 1 heterocycles. The van der Waals surface area contributed by atoms with Crippen molar-refractivity contribution < 1.29 is 4.74 Å².